The van der Waals surface area contributed by atoms with Crippen molar-refractivity contribution >= 4 is 38.5 Å². The van der Waals surface area contributed by atoms with Gasteiger partial charge < -0.3 is 5.73 Å². The summed E-state index contributed by atoms with van der Waals surface area (Å²) >= 11 is 5.73. The summed E-state index contributed by atoms with van der Waals surface area (Å²) in [4.78, 5) is 0. The minimum atomic E-state index is -0.217. The predicted molar refractivity (Wildman–Crippen MR) is 83.9 cm³/mol. The van der Waals surface area contributed by atoms with Gasteiger partial charge in [0, 0.05) is 14.1 Å². The van der Waals surface area contributed by atoms with Crippen LogP contribution in [0.25, 0.3) is 0 Å². The number of nitrogens with two attached hydrogens (primary N) is 1. The minimum Gasteiger partial charge on any atom is -0.324 e. The van der Waals surface area contributed by atoms with Gasteiger partial charge in [-0.2, -0.15) is 0 Å². The van der Waals surface area contributed by atoms with Gasteiger partial charge in [-0.3, -0.25) is 0 Å². The summed E-state index contributed by atoms with van der Waals surface area (Å²) in [6, 6.07) is 12.5. The molecule has 0 aliphatic heterocycles. The van der Waals surface area contributed by atoms with Gasteiger partial charge in [-0.1, -0.05) is 34.1 Å². The molecule has 2 aromatic carbocycles. The Morgan fingerprint density at radius 1 is 1.22 bits per heavy atom. The van der Waals surface area contributed by atoms with Crippen LogP contribution >= 0.6 is 38.5 Å². The van der Waals surface area contributed by atoms with Gasteiger partial charge in [-0.15, -0.1) is 0 Å². The second kappa shape index (κ2) is 6.12. The van der Waals surface area contributed by atoms with Gasteiger partial charge in [-0.05, 0) is 64.4 Å². The maximum atomic E-state index is 13.6. The van der Waals surface area contributed by atoms with Crippen molar-refractivity contribution in [2.45, 2.75) is 12.5 Å². The highest BCUT2D eigenvalue weighted by Crippen LogP contribution is 2.26. The van der Waals surface area contributed by atoms with Crippen LogP contribution in [0, 0.1) is 9.39 Å². The molecular formula is C14H12BrFIN. The zero-order chi connectivity index (χ0) is 13.1. The van der Waals surface area contributed by atoms with Gasteiger partial charge in [-0.25, -0.2) is 4.39 Å². The van der Waals surface area contributed by atoms with Crippen LogP contribution in [0.1, 0.15) is 17.2 Å². The molecule has 0 aliphatic rings. The fraction of sp³-hybridized carbons (Fsp3) is 0.143. The molecule has 1 atom stereocenters. The lowest BCUT2D eigenvalue weighted by atomic mass is 9.99. The lowest BCUT2D eigenvalue weighted by molar-refractivity contribution is 0.593. The van der Waals surface area contributed by atoms with Crippen LogP contribution in [0.4, 0.5) is 4.39 Å². The first-order valence-electron chi connectivity index (χ1n) is 5.52. The molecular weight excluding hydrogens is 408 g/mol. The zero-order valence-corrected chi connectivity index (χ0v) is 13.3. The van der Waals surface area contributed by atoms with Crippen molar-refractivity contribution in [3.05, 3.63) is 67.5 Å². The van der Waals surface area contributed by atoms with E-state index in [0.717, 1.165) is 13.6 Å². The van der Waals surface area contributed by atoms with Crippen molar-refractivity contribution in [1.29, 1.82) is 0 Å². The predicted octanol–water partition coefficient (Wildman–Crippen LogP) is 4.44. The summed E-state index contributed by atoms with van der Waals surface area (Å²) in [5, 5.41) is 0. The molecule has 0 amide bonds. The molecule has 0 spiro atoms. The third kappa shape index (κ3) is 3.30. The van der Waals surface area contributed by atoms with Crippen LogP contribution in [0.15, 0.2) is 46.9 Å². The standard InChI is InChI=1S/C14H12BrFIN/c15-12-6-5-10(17)8-11(12)14(18)7-9-3-1-2-4-13(9)16/h1-6,8,14H,7,18H2. The molecule has 0 fully saturated rings. The monoisotopic (exact) mass is 419 g/mol. The fourth-order valence-electron chi connectivity index (χ4n) is 1.81. The first kappa shape index (κ1) is 14.0. The van der Waals surface area contributed by atoms with E-state index in [2.05, 4.69) is 38.5 Å². The van der Waals surface area contributed by atoms with Crippen LogP contribution in [-0.2, 0) is 6.42 Å². The Hall–Kier alpha value is -0.460. The SMILES string of the molecule is NC(Cc1ccccc1F)c1cc(I)ccc1Br. The van der Waals surface area contributed by atoms with Crippen LogP contribution in [0.3, 0.4) is 0 Å². The smallest absolute Gasteiger partial charge is 0.126 e. The number of rotatable bonds is 3. The van der Waals surface area contributed by atoms with Gasteiger partial charge in [0.1, 0.15) is 5.82 Å². The van der Waals surface area contributed by atoms with Crippen molar-refractivity contribution in [2.75, 3.05) is 0 Å². The highest BCUT2D eigenvalue weighted by molar-refractivity contribution is 14.1. The van der Waals surface area contributed by atoms with E-state index < -0.39 is 0 Å². The van der Waals surface area contributed by atoms with Gasteiger partial charge in [0.05, 0.1) is 0 Å². The van der Waals surface area contributed by atoms with E-state index in [1.807, 2.05) is 24.3 Å². The van der Waals surface area contributed by atoms with Crippen LogP contribution in [0.5, 0.6) is 0 Å². The summed E-state index contributed by atoms with van der Waals surface area (Å²) < 4.78 is 15.7. The zero-order valence-electron chi connectivity index (χ0n) is 9.54. The second-order valence-corrected chi connectivity index (χ2v) is 6.17. The fourth-order valence-corrected chi connectivity index (χ4v) is 2.87. The number of benzene rings is 2. The molecule has 0 saturated carbocycles. The molecule has 1 nitrogen and oxygen atoms in total. The average Bonchev–Trinajstić information content (AvgIpc) is 2.35. The van der Waals surface area contributed by atoms with Crippen LogP contribution in [-0.4, -0.2) is 0 Å². The molecule has 0 radical (unpaired) electrons. The van der Waals surface area contributed by atoms with Gasteiger partial charge >= 0.3 is 0 Å². The first-order chi connectivity index (χ1) is 8.58. The lowest BCUT2D eigenvalue weighted by Gasteiger charge is -2.15. The summed E-state index contributed by atoms with van der Waals surface area (Å²) in [5.74, 6) is -0.199. The van der Waals surface area contributed by atoms with Gasteiger partial charge in [0.25, 0.3) is 0 Å². The number of hydrogen-bond donors (Lipinski definition) is 1. The van der Waals surface area contributed by atoms with Crippen LogP contribution < -0.4 is 5.73 Å². The van der Waals surface area contributed by atoms with E-state index in [0.29, 0.717) is 12.0 Å². The van der Waals surface area contributed by atoms with Crippen molar-refractivity contribution in [1.82, 2.24) is 0 Å². The summed E-state index contributed by atoms with van der Waals surface area (Å²) in [7, 11) is 0. The molecule has 2 aromatic rings. The quantitative estimate of drug-likeness (QED) is 0.731. The molecule has 1 unspecified atom stereocenters. The normalized spacial score (nSPS) is 12.4. The Morgan fingerprint density at radius 2 is 1.94 bits per heavy atom. The molecule has 0 saturated heterocycles. The Labute approximate surface area is 128 Å². The Bertz CT molecular complexity index is 559. The third-order valence-electron chi connectivity index (χ3n) is 2.76. The summed E-state index contributed by atoms with van der Waals surface area (Å²) in [6.07, 6.45) is 0.491. The Morgan fingerprint density at radius 3 is 2.67 bits per heavy atom. The highest BCUT2D eigenvalue weighted by Gasteiger charge is 2.13. The maximum Gasteiger partial charge on any atom is 0.126 e. The third-order valence-corrected chi connectivity index (χ3v) is 4.15. The summed E-state index contributed by atoms with van der Waals surface area (Å²) in [5.41, 5.74) is 7.82. The van der Waals surface area contributed by atoms with Crippen molar-refractivity contribution in [3.63, 3.8) is 0 Å². The molecule has 2 rings (SSSR count). The first-order valence-corrected chi connectivity index (χ1v) is 7.39. The number of hydrogen-bond acceptors (Lipinski definition) is 1. The second-order valence-electron chi connectivity index (χ2n) is 4.07. The number of halogens is 3. The van der Waals surface area contributed by atoms with E-state index in [4.69, 9.17) is 5.73 Å². The van der Waals surface area contributed by atoms with Crippen LogP contribution in [0.2, 0.25) is 0 Å². The molecule has 2 N–H and O–H groups in total. The van der Waals surface area contributed by atoms with E-state index in [9.17, 15) is 4.39 Å². The molecule has 94 valence electrons. The molecule has 0 aromatic heterocycles. The highest BCUT2D eigenvalue weighted by atomic mass is 127. The van der Waals surface area contributed by atoms with Gasteiger partial charge in [0.15, 0.2) is 0 Å². The molecule has 4 heteroatoms. The van der Waals surface area contributed by atoms with Crippen molar-refractivity contribution < 1.29 is 4.39 Å². The van der Waals surface area contributed by atoms with E-state index in [1.165, 1.54) is 6.07 Å². The maximum absolute atomic E-state index is 13.6. The van der Waals surface area contributed by atoms with Crippen molar-refractivity contribution in [3.8, 4) is 0 Å². The Balaban J connectivity index is 2.25. The van der Waals surface area contributed by atoms with E-state index in [-0.39, 0.29) is 11.9 Å². The summed E-state index contributed by atoms with van der Waals surface area (Å²) in [6.45, 7) is 0. The van der Waals surface area contributed by atoms with Gasteiger partial charge in [0.2, 0.25) is 0 Å². The van der Waals surface area contributed by atoms with E-state index >= 15 is 0 Å². The molecule has 18 heavy (non-hydrogen) atoms. The molecule has 0 heterocycles. The average molecular weight is 420 g/mol. The van der Waals surface area contributed by atoms with E-state index in [1.54, 1.807) is 12.1 Å². The molecule has 0 bridgehead atoms. The minimum absolute atomic E-state index is 0.199. The Kier molecular flexibility index (Phi) is 4.75. The largest absolute Gasteiger partial charge is 0.324 e. The lowest BCUT2D eigenvalue weighted by Crippen LogP contribution is -2.15. The molecule has 0 aliphatic carbocycles. The van der Waals surface area contributed by atoms with Crippen molar-refractivity contribution in [2.24, 2.45) is 5.73 Å². The topological polar surface area (TPSA) is 26.0 Å².